The highest BCUT2D eigenvalue weighted by Gasteiger charge is 2.35. The molecule has 4 N–H and O–H groups in total. The number of nitrogens with zero attached hydrogens (tertiary/aromatic N) is 4. The van der Waals surface area contributed by atoms with Crippen LogP contribution < -0.4 is 16.1 Å². The molecule has 0 saturated heterocycles. The Morgan fingerprint density at radius 2 is 2.09 bits per heavy atom. The summed E-state index contributed by atoms with van der Waals surface area (Å²) in [6, 6.07) is 8.36. The minimum absolute atomic E-state index is 0.129. The summed E-state index contributed by atoms with van der Waals surface area (Å²) in [4.78, 5) is 27.6. The zero-order valence-corrected chi connectivity index (χ0v) is 11.4. The zero-order valence-electron chi connectivity index (χ0n) is 11.4. The normalized spacial score (nSPS) is 17.2. The van der Waals surface area contributed by atoms with Crippen molar-refractivity contribution >= 4 is 29.2 Å². The molecular weight excluding hydrogens is 286 g/mol. The molecule has 1 unspecified atom stereocenters. The lowest BCUT2D eigenvalue weighted by Crippen LogP contribution is -2.39. The average molecular weight is 299 g/mol. The third-order valence-corrected chi connectivity index (χ3v) is 3.17. The SMILES string of the molecule is NC(=O)C1CC(C(=O)Nc2ncn[nH]2)=NN1c1ccccc1. The second kappa shape index (κ2) is 5.64. The van der Waals surface area contributed by atoms with Gasteiger partial charge in [-0.05, 0) is 12.1 Å². The van der Waals surface area contributed by atoms with Gasteiger partial charge in [-0.2, -0.15) is 15.2 Å². The molecule has 9 heteroatoms. The Hall–Kier alpha value is -3.23. The molecule has 0 saturated carbocycles. The first-order chi connectivity index (χ1) is 10.6. The standard InChI is InChI=1S/C13H13N7O2/c14-11(21)10-6-9(12(22)17-13-15-7-16-18-13)19-20(10)8-4-2-1-3-5-8/h1-5,7,10H,6H2,(H2,14,21)(H2,15,16,17,18,22). The molecule has 0 aliphatic carbocycles. The van der Waals surface area contributed by atoms with Crippen LogP contribution in [0.3, 0.4) is 0 Å². The van der Waals surface area contributed by atoms with Crippen molar-refractivity contribution in [3.05, 3.63) is 36.7 Å². The number of primary amides is 1. The maximum absolute atomic E-state index is 12.1. The van der Waals surface area contributed by atoms with Gasteiger partial charge in [0.1, 0.15) is 18.1 Å². The molecule has 1 aromatic carbocycles. The summed E-state index contributed by atoms with van der Waals surface area (Å²) in [5, 5.41) is 14.3. The number of nitrogens with two attached hydrogens (primary N) is 1. The molecule has 1 aliphatic heterocycles. The minimum atomic E-state index is -0.696. The fraction of sp³-hybridized carbons (Fsp3) is 0.154. The van der Waals surface area contributed by atoms with Gasteiger partial charge in [0.05, 0.1) is 5.69 Å². The molecule has 22 heavy (non-hydrogen) atoms. The summed E-state index contributed by atoms with van der Waals surface area (Å²) in [5.74, 6) is -0.794. The molecule has 1 aliphatic rings. The lowest BCUT2D eigenvalue weighted by Gasteiger charge is -2.20. The first-order valence-corrected chi connectivity index (χ1v) is 6.53. The van der Waals surface area contributed by atoms with Crippen molar-refractivity contribution in [1.82, 2.24) is 15.2 Å². The van der Waals surface area contributed by atoms with Crippen LogP contribution in [-0.2, 0) is 9.59 Å². The van der Waals surface area contributed by atoms with Crippen LogP contribution in [0, 0.1) is 0 Å². The quantitative estimate of drug-likeness (QED) is 0.723. The number of H-pyrrole nitrogens is 1. The Labute approximate surface area is 125 Å². The Bertz CT molecular complexity index is 711. The highest BCUT2D eigenvalue weighted by molar-refractivity contribution is 6.44. The molecule has 2 heterocycles. The van der Waals surface area contributed by atoms with Crippen molar-refractivity contribution in [2.45, 2.75) is 12.5 Å². The van der Waals surface area contributed by atoms with E-state index in [0.29, 0.717) is 5.69 Å². The molecule has 3 rings (SSSR count). The van der Waals surface area contributed by atoms with Crippen LogP contribution in [0.4, 0.5) is 11.6 Å². The van der Waals surface area contributed by atoms with E-state index in [4.69, 9.17) is 5.73 Å². The number of rotatable bonds is 4. The fourth-order valence-electron chi connectivity index (χ4n) is 2.13. The van der Waals surface area contributed by atoms with E-state index in [9.17, 15) is 9.59 Å². The lowest BCUT2D eigenvalue weighted by atomic mass is 10.1. The predicted molar refractivity (Wildman–Crippen MR) is 79.0 cm³/mol. The zero-order chi connectivity index (χ0) is 15.5. The van der Waals surface area contributed by atoms with Crippen molar-refractivity contribution in [3.63, 3.8) is 0 Å². The second-order valence-corrected chi connectivity index (χ2v) is 4.64. The first-order valence-electron chi connectivity index (χ1n) is 6.53. The van der Waals surface area contributed by atoms with E-state index >= 15 is 0 Å². The molecular formula is C13H13N7O2. The van der Waals surface area contributed by atoms with E-state index < -0.39 is 17.9 Å². The summed E-state index contributed by atoms with van der Waals surface area (Å²) in [6.45, 7) is 0. The molecule has 0 radical (unpaired) electrons. The summed E-state index contributed by atoms with van der Waals surface area (Å²) in [7, 11) is 0. The summed E-state index contributed by atoms with van der Waals surface area (Å²) >= 11 is 0. The second-order valence-electron chi connectivity index (χ2n) is 4.64. The number of hydrazone groups is 1. The van der Waals surface area contributed by atoms with E-state index in [1.165, 1.54) is 11.3 Å². The smallest absolute Gasteiger partial charge is 0.274 e. The molecule has 1 atom stereocenters. The van der Waals surface area contributed by atoms with Crippen molar-refractivity contribution < 1.29 is 9.59 Å². The van der Waals surface area contributed by atoms with Crippen LogP contribution in [0.5, 0.6) is 0 Å². The Kier molecular flexibility index (Phi) is 3.52. The molecule has 2 amide bonds. The molecule has 0 spiro atoms. The first kappa shape index (κ1) is 13.7. The Morgan fingerprint density at radius 1 is 1.32 bits per heavy atom. The number of hydrogen-bond donors (Lipinski definition) is 3. The number of aromatic amines is 1. The van der Waals surface area contributed by atoms with Crippen molar-refractivity contribution in [3.8, 4) is 0 Å². The largest absolute Gasteiger partial charge is 0.368 e. The van der Waals surface area contributed by atoms with Crippen molar-refractivity contribution in [1.29, 1.82) is 0 Å². The number of aromatic nitrogens is 3. The summed E-state index contributed by atoms with van der Waals surface area (Å²) in [5.41, 5.74) is 6.30. The van der Waals surface area contributed by atoms with Crippen LogP contribution >= 0.6 is 0 Å². The van der Waals surface area contributed by atoms with Gasteiger partial charge in [-0.25, -0.2) is 5.10 Å². The van der Waals surface area contributed by atoms with E-state index in [2.05, 4.69) is 25.6 Å². The number of amides is 2. The number of carbonyl (C=O) groups is 2. The Morgan fingerprint density at radius 3 is 2.73 bits per heavy atom. The average Bonchev–Trinajstić information content (AvgIpc) is 3.17. The van der Waals surface area contributed by atoms with Crippen LogP contribution in [-0.4, -0.2) is 38.7 Å². The molecule has 0 bridgehead atoms. The highest BCUT2D eigenvalue weighted by Crippen LogP contribution is 2.24. The maximum Gasteiger partial charge on any atom is 0.274 e. The van der Waals surface area contributed by atoms with Crippen LogP contribution in [0.1, 0.15) is 6.42 Å². The number of carbonyl (C=O) groups excluding carboxylic acids is 2. The van der Waals surface area contributed by atoms with Crippen molar-refractivity contribution in [2.24, 2.45) is 10.8 Å². The van der Waals surface area contributed by atoms with Gasteiger partial charge in [0.25, 0.3) is 5.91 Å². The molecule has 1 aromatic heterocycles. The van der Waals surface area contributed by atoms with Gasteiger partial charge in [-0.1, -0.05) is 18.2 Å². The molecule has 2 aromatic rings. The van der Waals surface area contributed by atoms with Gasteiger partial charge in [0.2, 0.25) is 11.9 Å². The van der Waals surface area contributed by atoms with E-state index in [1.54, 1.807) is 12.1 Å². The summed E-state index contributed by atoms with van der Waals surface area (Å²) in [6.07, 6.45) is 1.40. The minimum Gasteiger partial charge on any atom is -0.368 e. The lowest BCUT2D eigenvalue weighted by molar-refractivity contribution is -0.119. The fourth-order valence-corrected chi connectivity index (χ4v) is 2.13. The van der Waals surface area contributed by atoms with Gasteiger partial charge in [0.15, 0.2) is 0 Å². The number of hydrogen-bond acceptors (Lipinski definition) is 6. The number of para-hydroxylation sites is 1. The summed E-state index contributed by atoms with van der Waals surface area (Å²) < 4.78 is 0. The van der Waals surface area contributed by atoms with Crippen LogP contribution in [0.25, 0.3) is 0 Å². The monoisotopic (exact) mass is 299 g/mol. The molecule has 112 valence electrons. The van der Waals surface area contributed by atoms with Gasteiger partial charge in [-0.3, -0.25) is 19.9 Å². The molecule has 0 fully saturated rings. The van der Waals surface area contributed by atoms with Crippen LogP contribution in [0.15, 0.2) is 41.8 Å². The number of benzene rings is 1. The molecule has 9 nitrogen and oxygen atoms in total. The maximum atomic E-state index is 12.1. The van der Waals surface area contributed by atoms with Gasteiger partial charge in [-0.15, -0.1) is 0 Å². The topological polar surface area (TPSA) is 129 Å². The number of anilines is 2. The van der Waals surface area contributed by atoms with Crippen LogP contribution in [0.2, 0.25) is 0 Å². The van der Waals surface area contributed by atoms with Crippen molar-refractivity contribution in [2.75, 3.05) is 10.3 Å². The number of nitrogens with one attached hydrogen (secondary N) is 2. The Balaban J connectivity index is 1.83. The third kappa shape index (κ3) is 2.64. The van der Waals surface area contributed by atoms with E-state index in [0.717, 1.165) is 0 Å². The van der Waals surface area contributed by atoms with Gasteiger partial charge < -0.3 is 5.73 Å². The van der Waals surface area contributed by atoms with Gasteiger partial charge >= 0.3 is 0 Å². The highest BCUT2D eigenvalue weighted by atomic mass is 16.2. The van der Waals surface area contributed by atoms with Gasteiger partial charge in [0, 0.05) is 6.42 Å². The van der Waals surface area contributed by atoms with E-state index in [-0.39, 0.29) is 18.1 Å². The predicted octanol–water partition coefficient (Wildman–Crippen LogP) is -0.137. The van der Waals surface area contributed by atoms with E-state index in [1.807, 2.05) is 18.2 Å². The third-order valence-electron chi connectivity index (χ3n) is 3.17.